The van der Waals surface area contributed by atoms with Crippen molar-refractivity contribution in [1.29, 1.82) is 0 Å². The van der Waals surface area contributed by atoms with Gasteiger partial charge in [0.05, 0.1) is 7.11 Å². The van der Waals surface area contributed by atoms with Gasteiger partial charge in [-0.05, 0) is 11.6 Å². The lowest BCUT2D eigenvalue weighted by Crippen LogP contribution is -2.32. The molecule has 22 heavy (non-hydrogen) atoms. The first kappa shape index (κ1) is 16.8. The first-order valence-electron chi connectivity index (χ1n) is 6.99. The minimum Gasteiger partial charge on any atom is -0.508 e. The molecule has 0 saturated carbocycles. The molecule has 2 aromatic rings. The first-order valence-corrected chi connectivity index (χ1v) is 7.78. The Bertz CT molecular complexity index is 604. The third-order valence-electron chi connectivity index (χ3n) is 3.41. The van der Waals surface area contributed by atoms with E-state index in [1.807, 2.05) is 18.2 Å². The highest BCUT2D eigenvalue weighted by Crippen LogP contribution is 2.31. The smallest absolute Gasteiger partial charge is 0.128 e. The highest BCUT2D eigenvalue weighted by Gasteiger charge is 2.13. The Balaban J connectivity index is 2.04. The number of phenolic OH excluding ortho intramolecular Hbond substituents is 1. The number of phenols is 1. The van der Waals surface area contributed by atoms with Crippen molar-refractivity contribution in [1.82, 2.24) is 5.32 Å². The fraction of sp³-hybridized carbons (Fsp3) is 0.294. The van der Waals surface area contributed by atoms with E-state index in [0.29, 0.717) is 12.3 Å². The second-order valence-electron chi connectivity index (χ2n) is 4.90. The van der Waals surface area contributed by atoms with Gasteiger partial charge in [0.25, 0.3) is 0 Å². The van der Waals surface area contributed by atoms with Gasteiger partial charge in [0.1, 0.15) is 17.7 Å². The summed E-state index contributed by atoms with van der Waals surface area (Å²) in [5, 5.41) is 13.0. The number of ether oxygens (including phenoxy) is 2. The molecule has 0 saturated heterocycles. The molecule has 2 rings (SSSR count). The van der Waals surface area contributed by atoms with Crippen molar-refractivity contribution < 1.29 is 14.6 Å². The zero-order valence-electron chi connectivity index (χ0n) is 12.7. The van der Waals surface area contributed by atoms with Gasteiger partial charge in [-0.25, -0.2) is 0 Å². The van der Waals surface area contributed by atoms with Gasteiger partial charge in [0.2, 0.25) is 0 Å². The van der Waals surface area contributed by atoms with Crippen LogP contribution >= 0.6 is 15.9 Å². The summed E-state index contributed by atoms with van der Waals surface area (Å²) in [6.45, 7) is 0.565. The quantitative estimate of drug-likeness (QED) is 0.737. The Morgan fingerprint density at radius 3 is 2.55 bits per heavy atom. The van der Waals surface area contributed by atoms with Crippen LogP contribution in [0.5, 0.6) is 11.5 Å². The van der Waals surface area contributed by atoms with Crippen molar-refractivity contribution in [3.8, 4) is 11.5 Å². The molecule has 2 aromatic carbocycles. The highest BCUT2D eigenvalue weighted by molar-refractivity contribution is 9.10. The molecule has 2 N–H and O–H groups in total. The monoisotopic (exact) mass is 365 g/mol. The average Bonchev–Trinajstić information content (AvgIpc) is 2.53. The number of halogens is 1. The molecule has 0 radical (unpaired) electrons. The van der Waals surface area contributed by atoms with Crippen LogP contribution in [-0.2, 0) is 17.7 Å². The lowest BCUT2D eigenvalue weighted by Gasteiger charge is -2.19. The molecular weight excluding hydrogens is 346 g/mol. The van der Waals surface area contributed by atoms with E-state index in [-0.39, 0.29) is 12.0 Å². The first-order chi connectivity index (χ1) is 10.6. The van der Waals surface area contributed by atoms with E-state index in [1.54, 1.807) is 26.4 Å². The van der Waals surface area contributed by atoms with Crippen LogP contribution in [0.4, 0.5) is 0 Å². The lowest BCUT2D eigenvalue weighted by atomic mass is 10.1. The molecule has 5 heteroatoms. The molecule has 118 valence electrons. The number of benzene rings is 2. The van der Waals surface area contributed by atoms with Gasteiger partial charge < -0.3 is 14.6 Å². The maximum Gasteiger partial charge on any atom is 0.128 e. The summed E-state index contributed by atoms with van der Waals surface area (Å²) in [5.74, 6) is 0.800. The van der Waals surface area contributed by atoms with Crippen LogP contribution in [0.15, 0.2) is 46.9 Å². The third kappa shape index (κ3) is 4.47. The number of nitrogens with one attached hydrogen (secondary N) is 1. The number of hydrogen-bond acceptors (Lipinski definition) is 4. The van der Waals surface area contributed by atoms with E-state index in [4.69, 9.17) is 9.47 Å². The van der Waals surface area contributed by atoms with Gasteiger partial charge in [-0.2, -0.15) is 0 Å². The van der Waals surface area contributed by atoms with Crippen LogP contribution in [0.3, 0.4) is 0 Å². The van der Waals surface area contributed by atoms with Crippen molar-refractivity contribution in [2.24, 2.45) is 0 Å². The number of hydrogen-bond donors (Lipinski definition) is 2. The number of aromatic hydroxyl groups is 1. The summed E-state index contributed by atoms with van der Waals surface area (Å²) >= 11 is 3.46. The molecule has 1 atom stereocenters. The molecule has 0 spiro atoms. The van der Waals surface area contributed by atoms with Crippen molar-refractivity contribution in [2.75, 3.05) is 14.2 Å². The Morgan fingerprint density at radius 2 is 1.91 bits per heavy atom. The molecule has 0 fully saturated rings. The largest absolute Gasteiger partial charge is 0.508 e. The summed E-state index contributed by atoms with van der Waals surface area (Å²) in [5.41, 5.74) is 2.15. The molecule has 0 aliphatic rings. The van der Waals surface area contributed by atoms with Gasteiger partial charge in [-0.3, -0.25) is 5.32 Å². The SMILES string of the molecule is COc1cc(O)cc(Br)c1CNC(Cc1ccccc1)OC. The van der Waals surface area contributed by atoms with Crippen LogP contribution in [-0.4, -0.2) is 25.6 Å². The summed E-state index contributed by atoms with van der Waals surface area (Å²) < 4.78 is 11.6. The second kappa shape index (κ2) is 8.17. The third-order valence-corrected chi connectivity index (χ3v) is 4.12. The number of rotatable bonds is 7. The van der Waals surface area contributed by atoms with Crippen LogP contribution in [0.1, 0.15) is 11.1 Å². The van der Waals surface area contributed by atoms with Gasteiger partial charge in [0.15, 0.2) is 0 Å². The summed E-state index contributed by atoms with van der Waals surface area (Å²) in [7, 11) is 3.27. The molecule has 0 aliphatic carbocycles. The van der Waals surface area contributed by atoms with Crippen molar-refractivity contribution in [2.45, 2.75) is 19.2 Å². The summed E-state index contributed by atoms with van der Waals surface area (Å²) in [6, 6.07) is 13.4. The fourth-order valence-electron chi connectivity index (χ4n) is 2.23. The van der Waals surface area contributed by atoms with Crippen molar-refractivity contribution in [3.05, 3.63) is 58.1 Å². The van der Waals surface area contributed by atoms with Gasteiger partial charge >= 0.3 is 0 Å². The molecule has 0 heterocycles. The lowest BCUT2D eigenvalue weighted by molar-refractivity contribution is 0.0725. The maximum atomic E-state index is 9.61. The molecule has 0 amide bonds. The molecule has 1 unspecified atom stereocenters. The van der Waals surface area contributed by atoms with Crippen molar-refractivity contribution in [3.63, 3.8) is 0 Å². The van der Waals surface area contributed by atoms with Crippen LogP contribution < -0.4 is 10.1 Å². The summed E-state index contributed by atoms with van der Waals surface area (Å²) in [4.78, 5) is 0. The minimum atomic E-state index is -0.104. The van der Waals surface area contributed by atoms with Gasteiger partial charge in [-0.15, -0.1) is 0 Å². The predicted octanol–water partition coefficient (Wildman–Crippen LogP) is 3.47. The number of methoxy groups -OCH3 is 2. The topological polar surface area (TPSA) is 50.7 Å². The van der Waals surface area contributed by atoms with Gasteiger partial charge in [-0.1, -0.05) is 46.3 Å². The van der Waals surface area contributed by atoms with Gasteiger partial charge in [0, 0.05) is 36.2 Å². The average molecular weight is 366 g/mol. The standard InChI is InChI=1S/C17H20BrNO3/c1-21-16-10-13(20)9-15(18)14(16)11-19-17(22-2)8-12-6-4-3-5-7-12/h3-7,9-10,17,19-20H,8,11H2,1-2H3. The van der Waals surface area contributed by atoms with Crippen LogP contribution in [0, 0.1) is 0 Å². The summed E-state index contributed by atoms with van der Waals surface area (Å²) in [6.07, 6.45) is 0.669. The maximum absolute atomic E-state index is 9.61. The Labute approximate surface area is 139 Å². The van der Waals surface area contributed by atoms with E-state index in [2.05, 4.69) is 33.4 Å². The molecule has 0 aliphatic heterocycles. The van der Waals surface area contributed by atoms with E-state index in [0.717, 1.165) is 16.5 Å². The second-order valence-corrected chi connectivity index (χ2v) is 5.76. The molecule has 4 nitrogen and oxygen atoms in total. The fourth-order valence-corrected chi connectivity index (χ4v) is 2.80. The molecule has 0 bridgehead atoms. The molecule has 0 aromatic heterocycles. The van der Waals surface area contributed by atoms with Crippen LogP contribution in [0.25, 0.3) is 0 Å². The predicted molar refractivity (Wildman–Crippen MR) is 90.1 cm³/mol. The van der Waals surface area contributed by atoms with E-state index in [1.165, 1.54) is 5.56 Å². The van der Waals surface area contributed by atoms with Crippen molar-refractivity contribution >= 4 is 15.9 Å². The normalized spacial score (nSPS) is 12.1. The highest BCUT2D eigenvalue weighted by atomic mass is 79.9. The molecular formula is C17H20BrNO3. The van der Waals surface area contributed by atoms with E-state index in [9.17, 15) is 5.11 Å². The Morgan fingerprint density at radius 1 is 1.18 bits per heavy atom. The minimum absolute atomic E-state index is 0.104. The van der Waals surface area contributed by atoms with E-state index >= 15 is 0 Å². The Hall–Kier alpha value is -1.56. The van der Waals surface area contributed by atoms with E-state index < -0.39 is 0 Å². The zero-order valence-corrected chi connectivity index (χ0v) is 14.3. The zero-order chi connectivity index (χ0) is 15.9. The van der Waals surface area contributed by atoms with Crippen LogP contribution in [0.2, 0.25) is 0 Å². The Kier molecular flexibility index (Phi) is 6.24.